The number of rotatable bonds is 9. The van der Waals surface area contributed by atoms with Crippen LogP contribution in [0.4, 0.5) is 0 Å². The van der Waals surface area contributed by atoms with Crippen LogP contribution in [-0.2, 0) is 19.1 Å². The van der Waals surface area contributed by atoms with Gasteiger partial charge >= 0.3 is 11.9 Å². The summed E-state index contributed by atoms with van der Waals surface area (Å²) in [5.41, 5.74) is 1.66. The Morgan fingerprint density at radius 2 is 1.21 bits per heavy atom. The molecule has 2 atom stereocenters. The molecule has 214 valence electrons. The minimum Gasteiger partial charge on any atom is -0.465 e. The van der Waals surface area contributed by atoms with Gasteiger partial charge in [0, 0.05) is 11.0 Å². The largest absolute Gasteiger partial charge is 0.465 e. The molecular formula is C34H50O4Si. The number of carbonyl (C=O) groups excluding carboxylic acids is 2. The lowest BCUT2D eigenvalue weighted by Gasteiger charge is -2.37. The van der Waals surface area contributed by atoms with Gasteiger partial charge in [0.1, 0.15) is 13.2 Å². The first-order valence-corrected chi connectivity index (χ1v) is 17.8. The third-order valence-corrected chi connectivity index (χ3v) is 12.1. The fourth-order valence-electron chi connectivity index (χ4n) is 6.29. The highest BCUT2D eigenvalue weighted by Gasteiger charge is 2.49. The first kappa shape index (κ1) is 31.1. The van der Waals surface area contributed by atoms with Gasteiger partial charge in [-0.3, -0.25) is 9.59 Å². The van der Waals surface area contributed by atoms with Crippen molar-refractivity contribution in [2.45, 2.75) is 86.0 Å². The molecule has 0 saturated heterocycles. The van der Waals surface area contributed by atoms with E-state index >= 15 is 0 Å². The fourth-order valence-corrected chi connectivity index (χ4v) is 10.6. The van der Waals surface area contributed by atoms with Gasteiger partial charge in [0.2, 0.25) is 0 Å². The maximum atomic E-state index is 12.7. The summed E-state index contributed by atoms with van der Waals surface area (Å²) in [4.78, 5) is 25.5. The lowest BCUT2D eigenvalue weighted by molar-refractivity contribution is -0.164. The first-order chi connectivity index (χ1) is 18.0. The molecule has 2 aromatic rings. The van der Waals surface area contributed by atoms with Crippen LogP contribution in [0.2, 0.25) is 19.1 Å². The van der Waals surface area contributed by atoms with E-state index in [2.05, 4.69) is 80.7 Å². The Hall–Kier alpha value is -2.40. The van der Waals surface area contributed by atoms with E-state index in [1.54, 1.807) is 0 Å². The molecule has 1 aliphatic rings. The zero-order valence-corrected chi connectivity index (χ0v) is 26.7. The first-order valence-electron chi connectivity index (χ1n) is 14.5. The monoisotopic (exact) mass is 550 g/mol. The second-order valence-corrected chi connectivity index (χ2v) is 19.7. The van der Waals surface area contributed by atoms with Gasteiger partial charge in [0.05, 0.1) is 18.9 Å². The van der Waals surface area contributed by atoms with Gasteiger partial charge in [-0.15, -0.1) is 0 Å². The zero-order chi connectivity index (χ0) is 29.1. The summed E-state index contributed by atoms with van der Waals surface area (Å²) in [5, 5.41) is 0. The smallest absolute Gasteiger partial charge is 0.311 e. The molecule has 2 aromatic carbocycles. The molecular weight excluding hydrogens is 500 g/mol. The van der Waals surface area contributed by atoms with E-state index < -0.39 is 18.9 Å². The van der Waals surface area contributed by atoms with Crippen LogP contribution in [0.3, 0.4) is 0 Å². The van der Waals surface area contributed by atoms with Crippen LogP contribution in [0.15, 0.2) is 60.7 Å². The van der Waals surface area contributed by atoms with Crippen molar-refractivity contribution in [1.29, 1.82) is 0 Å². The van der Waals surface area contributed by atoms with Crippen molar-refractivity contribution in [1.82, 2.24) is 0 Å². The molecule has 0 aromatic heterocycles. The van der Waals surface area contributed by atoms with E-state index in [0.29, 0.717) is 30.6 Å². The number of ether oxygens (including phenoxy) is 2. The standard InChI is InChI=1S/C34H50O4Si/c1-25-20-34(23-37-30(35)32(2,3)4,24-38-31(36)33(5,6)7)21-28(25)22-39(8,9)29(26-16-12-10-13-17-26)27-18-14-11-15-19-27/h10-19,25,28-29H,20-24H2,1-9H3/t25-,28+/m0/s1. The van der Waals surface area contributed by atoms with Crippen LogP contribution >= 0.6 is 0 Å². The topological polar surface area (TPSA) is 52.6 Å². The highest BCUT2D eigenvalue weighted by atomic mass is 28.3. The van der Waals surface area contributed by atoms with E-state index in [1.165, 1.54) is 11.1 Å². The second kappa shape index (κ2) is 12.0. The Bertz CT molecular complexity index is 1030. The molecule has 1 saturated carbocycles. The van der Waals surface area contributed by atoms with Gasteiger partial charge in [-0.2, -0.15) is 0 Å². The molecule has 0 N–H and O–H groups in total. The summed E-state index contributed by atoms with van der Waals surface area (Å²) >= 11 is 0. The van der Waals surface area contributed by atoms with Crippen molar-refractivity contribution in [3.63, 3.8) is 0 Å². The van der Waals surface area contributed by atoms with Gasteiger partial charge in [0.25, 0.3) is 0 Å². The van der Waals surface area contributed by atoms with Gasteiger partial charge in [-0.05, 0) is 77.3 Å². The zero-order valence-electron chi connectivity index (χ0n) is 25.7. The molecule has 0 radical (unpaired) electrons. The third kappa shape index (κ3) is 8.06. The van der Waals surface area contributed by atoms with E-state index in [1.807, 2.05) is 41.5 Å². The van der Waals surface area contributed by atoms with Gasteiger partial charge in [0.15, 0.2) is 0 Å². The SMILES string of the molecule is C[C@H]1CC(COC(=O)C(C)(C)C)(COC(=O)C(C)(C)C)C[C@@H]1C[Si](C)(C)C(c1ccccc1)c1ccccc1. The molecule has 0 unspecified atom stereocenters. The van der Waals surface area contributed by atoms with E-state index in [-0.39, 0.29) is 17.4 Å². The van der Waals surface area contributed by atoms with Crippen LogP contribution in [-0.4, -0.2) is 33.2 Å². The Labute approximate surface area is 237 Å². The van der Waals surface area contributed by atoms with Crippen molar-refractivity contribution in [2.75, 3.05) is 13.2 Å². The summed E-state index contributed by atoms with van der Waals surface area (Å²) in [6, 6.07) is 23.0. The van der Waals surface area contributed by atoms with Gasteiger partial charge in [-0.25, -0.2) is 0 Å². The maximum Gasteiger partial charge on any atom is 0.311 e. The Kier molecular flexibility index (Phi) is 9.57. The Morgan fingerprint density at radius 1 is 0.795 bits per heavy atom. The Balaban J connectivity index is 1.87. The lowest BCUT2D eigenvalue weighted by atomic mass is 9.86. The van der Waals surface area contributed by atoms with Crippen molar-refractivity contribution < 1.29 is 19.1 Å². The quantitative estimate of drug-likeness (QED) is 0.233. The fraction of sp³-hybridized carbons (Fsp3) is 0.588. The van der Waals surface area contributed by atoms with Crippen LogP contribution in [0.25, 0.3) is 0 Å². The molecule has 0 amide bonds. The van der Waals surface area contributed by atoms with Crippen LogP contribution in [0, 0.1) is 28.1 Å². The predicted molar refractivity (Wildman–Crippen MR) is 162 cm³/mol. The molecule has 0 heterocycles. The summed E-state index contributed by atoms with van der Waals surface area (Å²) in [7, 11) is -1.85. The van der Waals surface area contributed by atoms with Crippen LogP contribution < -0.4 is 0 Å². The van der Waals surface area contributed by atoms with Gasteiger partial charge < -0.3 is 9.47 Å². The van der Waals surface area contributed by atoms with Crippen LogP contribution in [0.1, 0.15) is 78.0 Å². The van der Waals surface area contributed by atoms with E-state index in [4.69, 9.17) is 9.47 Å². The number of esters is 2. The van der Waals surface area contributed by atoms with Gasteiger partial charge in [-0.1, -0.05) is 86.7 Å². The molecule has 4 nitrogen and oxygen atoms in total. The number of hydrogen-bond donors (Lipinski definition) is 0. The average molecular weight is 551 g/mol. The normalized spacial score (nSPS) is 19.6. The van der Waals surface area contributed by atoms with E-state index in [0.717, 1.165) is 18.9 Å². The molecule has 1 fully saturated rings. The molecule has 1 aliphatic carbocycles. The second-order valence-electron chi connectivity index (χ2n) is 14.7. The summed E-state index contributed by atoms with van der Waals surface area (Å²) in [6.45, 7) is 19.2. The molecule has 0 spiro atoms. The molecule has 39 heavy (non-hydrogen) atoms. The number of benzene rings is 2. The predicted octanol–water partition coefficient (Wildman–Crippen LogP) is 8.28. The van der Waals surface area contributed by atoms with Crippen molar-refractivity contribution >= 4 is 20.0 Å². The third-order valence-electron chi connectivity index (χ3n) is 8.33. The summed E-state index contributed by atoms with van der Waals surface area (Å²) in [6.07, 6.45) is 1.79. The minimum absolute atomic E-state index is 0.206. The van der Waals surface area contributed by atoms with Crippen molar-refractivity contribution in [2.24, 2.45) is 28.1 Å². The summed E-state index contributed by atoms with van der Waals surface area (Å²) < 4.78 is 11.8. The van der Waals surface area contributed by atoms with Crippen molar-refractivity contribution in [3.05, 3.63) is 71.8 Å². The average Bonchev–Trinajstić information content (AvgIpc) is 3.15. The van der Waals surface area contributed by atoms with Crippen molar-refractivity contribution in [3.8, 4) is 0 Å². The highest BCUT2D eigenvalue weighted by Crippen LogP contribution is 2.51. The molecule has 0 bridgehead atoms. The maximum absolute atomic E-state index is 12.7. The van der Waals surface area contributed by atoms with Crippen LogP contribution in [0.5, 0.6) is 0 Å². The minimum atomic E-state index is -1.85. The number of carbonyl (C=O) groups is 2. The van der Waals surface area contributed by atoms with E-state index in [9.17, 15) is 9.59 Å². The Morgan fingerprint density at radius 3 is 1.59 bits per heavy atom. The number of hydrogen-bond acceptors (Lipinski definition) is 4. The molecule has 3 rings (SSSR count). The summed E-state index contributed by atoms with van der Waals surface area (Å²) in [5.74, 6) is 0.514. The lowest BCUT2D eigenvalue weighted by Crippen LogP contribution is -2.39. The molecule has 0 aliphatic heterocycles. The highest BCUT2D eigenvalue weighted by molar-refractivity contribution is 6.79. The molecule has 5 heteroatoms.